The van der Waals surface area contributed by atoms with Crippen molar-refractivity contribution in [1.82, 2.24) is 4.90 Å². The molecule has 2 aliphatic heterocycles. The van der Waals surface area contributed by atoms with Crippen LogP contribution in [0.3, 0.4) is 0 Å². The summed E-state index contributed by atoms with van der Waals surface area (Å²) in [6, 6.07) is -0.119. The molecule has 1 fully saturated rings. The van der Waals surface area contributed by atoms with Gasteiger partial charge < -0.3 is 18.6 Å². The van der Waals surface area contributed by atoms with Crippen LogP contribution < -0.4 is 0 Å². The molecular formula is C30H51NO7S2Si. The van der Waals surface area contributed by atoms with Gasteiger partial charge in [0, 0.05) is 12.7 Å². The van der Waals surface area contributed by atoms with Crippen molar-refractivity contribution >= 4 is 54.5 Å². The van der Waals surface area contributed by atoms with Gasteiger partial charge in [-0.25, -0.2) is 0 Å². The number of thiocarbonyl (C=S) groups is 1. The molecule has 2 aliphatic rings. The lowest BCUT2D eigenvalue weighted by atomic mass is 9.96. The first kappa shape index (κ1) is 35.9. The van der Waals surface area contributed by atoms with Crippen molar-refractivity contribution in [2.45, 2.75) is 130 Å². The first-order valence-corrected chi connectivity index (χ1v) is 18.2. The van der Waals surface area contributed by atoms with Crippen LogP contribution in [0.25, 0.3) is 0 Å². The normalized spacial score (nSPS) is 24.5. The summed E-state index contributed by atoms with van der Waals surface area (Å²) in [6.45, 7) is 24.0. The van der Waals surface area contributed by atoms with Gasteiger partial charge >= 0.3 is 11.9 Å². The van der Waals surface area contributed by atoms with Crippen molar-refractivity contribution in [3.63, 3.8) is 0 Å². The molecule has 0 aromatic rings. The van der Waals surface area contributed by atoms with E-state index >= 15 is 0 Å². The van der Waals surface area contributed by atoms with E-state index in [4.69, 9.17) is 30.9 Å². The molecule has 1 saturated heterocycles. The fraction of sp³-hybridized carbons (Fsp3) is 0.800. The molecule has 5 atom stereocenters. The first-order chi connectivity index (χ1) is 18.8. The summed E-state index contributed by atoms with van der Waals surface area (Å²) in [5, 5.41) is 0. The van der Waals surface area contributed by atoms with E-state index in [0.29, 0.717) is 26.7 Å². The molecule has 0 spiro atoms. The number of amides is 1. The lowest BCUT2D eigenvalue weighted by Crippen LogP contribution is -2.56. The fourth-order valence-electron chi connectivity index (χ4n) is 5.87. The highest BCUT2D eigenvalue weighted by Crippen LogP contribution is 2.43. The number of hydrogen-bond donors (Lipinski definition) is 0. The monoisotopic (exact) mass is 629 g/mol. The van der Waals surface area contributed by atoms with E-state index in [-0.39, 0.29) is 18.6 Å². The Morgan fingerprint density at radius 3 is 2.07 bits per heavy atom. The Bertz CT molecular complexity index is 970. The molecule has 0 saturated carbocycles. The summed E-state index contributed by atoms with van der Waals surface area (Å²) in [6.07, 6.45) is -0.209. The van der Waals surface area contributed by atoms with E-state index in [0.717, 1.165) is 0 Å². The zero-order valence-electron chi connectivity index (χ0n) is 26.9. The molecule has 11 heteroatoms. The van der Waals surface area contributed by atoms with E-state index in [9.17, 15) is 14.4 Å². The van der Waals surface area contributed by atoms with E-state index in [1.807, 2.05) is 13.8 Å². The zero-order chi connectivity index (χ0) is 31.4. The van der Waals surface area contributed by atoms with Gasteiger partial charge in [-0.1, -0.05) is 85.4 Å². The van der Waals surface area contributed by atoms with E-state index in [1.165, 1.54) is 18.7 Å². The molecule has 2 rings (SSSR count). The molecule has 0 bridgehead atoms. The van der Waals surface area contributed by atoms with Crippen LogP contribution in [0, 0.1) is 11.3 Å². The van der Waals surface area contributed by atoms with Crippen molar-refractivity contribution in [3.8, 4) is 0 Å². The highest BCUT2D eigenvalue weighted by molar-refractivity contribution is 8.23. The molecule has 0 radical (unpaired) electrons. The van der Waals surface area contributed by atoms with Gasteiger partial charge in [0.15, 0.2) is 8.32 Å². The van der Waals surface area contributed by atoms with Crippen molar-refractivity contribution in [2.24, 2.45) is 11.3 Å². The average Bonchev–Trinajstić information content (AvgIpc) is 3.23. The van der Waals surface area contributed by atoms with Crippen molar-refractivity contribution in [1.29, 1.82) is 0 Å². The highest BCUT2D eigenvalue weighted by Gasteiger charge is 2.49. The van der Waals surface area contributed by atoms with Gasteiger partial charge in [-0.2, -0.15) is 0 Å². The molecule has 0 aromatic heterocycles. The Kier molecular flexibility index (Phi) is 12.7. The Balaban J connectivity index is 2.48. The molecular weight excluding hydrogens is 579 g/mol. The lowest BCUT2D eigenvalue weighted by molar-refractivity contribution is -0.183. The minimum Gasteiger partial charge on any atom is -0.455 e. The van der Waals surface area contributed by atoms with Crippen LogP contribution in [0.2, 0.25) is 16.6 Å². The highest BCUT2D eigenvalue weighted by atomic mass is 32.2. The second-order valence-electron chi connectivity index (χ2n) is 13.4. The van der Waals surface area contributed by atoms with Gasteiger partial charge in [0.05, 0.1) is 18.1 Å². The molecule has 1 amide bonds. The third-order valence-electron chi connectivity index (χ3n) is 8.00. The topological polar surface area (TPSA) is 91.4 Å². The maximum atomic E-state index is 14.1. The zero-order valence-corrected chi connectivity index (χ0v) is 29.5. The number of carbonyl (C=O) groups excluding carboxylic acids is 3. The van der Waals surface area contributed by atoms with Crippen LogP contribution in [-0.4, -0.2) is 78.2 Å². The summed E-state index contributed by atoms with van der Waals surface area (Å²) >= 11 is 7.01. The molecule has 0 unspecified atom stereocenters. The van der Waals surface area contributed by atoms with Gasteiger partial charge in [0.2, 0.25) is 6.10 Å². The quantitative estimate of drug-likeness (QED) is 0.113. The van der Waals surface area contributed by atoms with Gasteiger partial charge in [-0.05, 0) is 49.4 Å². The van der Waals surface area contributed by atoms with Gasteiger partial charge in [0.1, 0.15) is 22.6 Å². The SMILES string of the molecule is CC(=O)O[C@H]1C=C[C@@H]([C@@H](OC(=O)C(C)(C)C)C(=O)N2C(=S)SC[C@@H]2C(C)C)O[C@@H]1CO[Si](C(C)C)(C(C)C)C(C)C. The van der Waals surface area contributed by atoms with Crippen LogP contribution in [0.15, 0.2) is 12.2 Å². The van der Waals surface area contributed by atoms with E-state index in [2.05, 4.69) is 41.5 Å². The molecule has 0 aromatic carbocycles. The fourth-order valence-corrected chi connectivity index (χ4v) is 13.0. The minimum atomic E-state index is -2.28. The van der Waals surface area contributed by atoms with Gasteiger partial charge in [-0.3, -0.25) is 19.3 Å². The number of ether oxygens (including phenoxy) is 3. The minimum absolute atomic E-state index is 0.119. The Labute approximate surface area is 257 Å². The number of esters is 2. The van der Waals surface area contributed by atoms with Gasteiger partial charge in [0.25, 0.3) is 5.91 Å². The van der Waals surface area contributed by atoms with Crippen LogP contribution >= 0.6 is 24.0 Å². The van der Waals surface area contributed by atoms with Crippen LogP contribution in [0.5, 0.6) is 0 Å². The summed E-state index contributed by atoms with van der Waals surface area (Å²) < 4.78 is 25.3. The molecule has 234 valence electrons. The predicted octanol–water partition coefficient (Wildman–Crippen LogP) is 6.28. The molecule has 8 nitrogen and oxygen atoms in total. The Hall–Kier alpha value is -1.27. The first-order valence-electron chi connectivity index (χ1n) is 14.7. The maximum Gasteiger partial charge on any atom is 0.312 e. The lowest BCUT2D eigenvalue weighted by Gasteiger charge is -2.44. The van der Waals surface area contributed by atoms with E-state index in [1.54, 1.807) is 37.8 Å². The van der Waals surface area contributed by atoms with Gasteiger partial charge in [-0.15, -0.1) is 0 Å². The number of carbonyl (C=O) groups is 3. The number of nitrogens with zero attached hydrogens (tertiary/aromatic N) is 1. The molecule has 0 N–H and O–H groups in total. The Morgan fingerprint density at radius 2 is 1.61 bits per heavy atom. The standard InChI is InChI=1S/C30H51NO7S2Si/c1-17(2)22-16-40-29(39)31(22)27(33)26(38-28(34)30(10,11)12)24-14-13-23(36-21(9)32)25(37-24)15-35-41(18(3)4,19(5)6)20(7)8/h13-14,17-20,22-26H,15-16H2,1-12H3/t22-,23+,24+,25-,26-/m1/s1. The summed E-state index contributed by atoms with van der Waals surface area (Å²) in [4.78, 5) is 40.8. The summed E-state index contributed by atoms with van der Waals surface area (Å²) in [5.41, 5.74) is 0.184. The predicted molar refractivity (Wildman–Crippen MR) is 170 cm³/mol. The van der Waals surface area contributed by atoms with Crippen molar-refractivity contribution in [3.05, 3.63) is 12.2 Å². The van der Waals surface area contributed by atoms with Crippen LogP contribution in [-0.2, 0) is 33.0 Å². The third-order valence-corrected chi connectivity index (χ3v) is 15.6. The van der Waals surface area contributed by atoms with Crippen LogP contribution in [0.4, 0.5) is 0 Å². The number of rotatable bonds is 11. The van der Waals surface area contributed by atoms with Crippen molar-refractivity contribution < 1.29 is 33.0 Å². The number of hydrogen-bond acceptors (Lipinski definition) is 9. The largest absolute Gasteiger partial charge is 0.455 e. The average molecular weight is 630 g/mol. The maximum absolute atomic E-state index is 14.1. The second-order valence-corrected chi connectivity index (χ2v) is 20.5. The van der Waals surface area contributed by atoms with E-state index < -0.39 is 56.0 Å². The summed E-state index contributed by atoms with van der Waals surface area (Å²) in [5.74, 6) is -0.539. The number of thioether (sulfide) groups is 1. The molecule has 2 heterocycles. The molecule has 0 aliphatic carbocycles. The molecule has 41 heavy (non-hydrogen) atoms. The Morgan fingerprint density at radius 1 is 1.05 bits per heavy atom. The second kappa shape index (κ2) is 14.5. The third kappa shape index (κ3) is 8.43. The summed E-state index contributed by atoms with van der Waals surface area (Å²) in [7, 11) is -2.28. The van der Waals surface area contributed by atoms with Crippen molar-refractivity contribution in [2.75, 3.05) is 12.4 Å². The smallest absolute Gasteiger partial charge is 0.312 e. The van der Waals surface area contributed by atoms with Crippen LogP contribution in [0.1, 0.15) is 83.1 Å².